The maximum absolute atomic E-state index is 5.77. The molecule has 3 N–H and O–H groups in total. The van der Waals surface area contributed by atoms with Crippen LogP contribution in [0, 0.1) is 11.8 Å². The van der Waals surface area contributed by atoms with E-state index in [4.69, 9.17) is 10.5 Å². The van der Waals surface area contributed by atoms with Crippen molar-refractivity contribution in [1.29, 1.82) is 0 Å². The van der Waals surface area contributed by atoms with Crippen molar-refractivity contribution in [2.75, 3.05) is 26.3 Å². The van der Waals surface area contributed by atoms with Gasteiger partial charge in [0.15, 0.2) is 0 Å². The van der Waals surface area contributed by atoms with Gasteiger partial charge in [0.1, 0.15) is 0 Å². The van der Waals surface area contributed by atoms with Gasteiger partial charge in [-0.2, -0.15) is 0 Å². The molecule has 0 amide bonds. The fraction of sp³-hybridized carbons (Fsp3) is 0.818. The van der Waals surface area contributed by atoms with Crippen LogP contribution in [0.5, 0.6) is 0 Å². The quantitative estimate of drug-likeness (QED) is 0.508. The van der Waals surface area contributed by atoms with Crippen molar-refractivity contribution < 1.29 is 4.74 Å². The van der Waals surface area contributed by atoms with Crippen LogP contribution in [0.25, 0.3) is 0 Å². The summed E-state index contributed by atoms with van der Waals surface area (Å²) < 4.78 is 5.45. The van der Waals surface area contributed by atoms with E-state index in [9.17, 15) is 0 Å². The molecular weight excluding hydrogens is 176 g/mol. The molecule has 1 aliphatic rings. The Morgan fingerprint density at radius 3 is 3.00 bits per heavy atom. The molecule has 0 radical (unpaired) electrons. The number of ether oxygens (including phenoxy) is 1. The van der Waals surface area contributed by atoms with Crippen molar-refractivity contribution in [2.45, 2.75) is 31.7 Å². The first kappa shape index (κ1) is 11.5. The molecule has 0 aromatic heterocycles. The maximum atomic E-state index is 5.77. The van der Waals surface area contributed by atoms with Crippen molar-refractivity contribution in [1.82, 2.24) is 5.32 Å². The van der Waals surface area contributed by atoms with E-state index in [2.05, 4.69) is 17.2 Å². The molecule has 0 aliphatic carbocycles. The van der Waals surface area contributed by atoms with E-state index in [1.807, 2.05) is 6.92 Å². The second kappa shape index (κ2) is 6.02. The summed E-state index contributed by atoms with van der Waals surface area (Å²) in [5.74, 6) is 5.92. The first-order valence-electron chi connectivity index (χ1n) is 5.25. The summed E-state index contributed by atoms with van der Waals surface area (Å²) >= 11 is 0. The molecule has 0 saturated carbocycles. The highest BCUT2D eigenvalue weighted by molar-refractivity contribution is 4.97. The van der Waals surface area contributed by atoms with Crippen LogP contribution in [0.4, 0.5) is 0 Å². The lowest BCUT2D eigenvalue weighted by Gasteiger charge is -2.36. The maximum Gasteiger partial charge on any atom is 0.0660 e. The Bertz CT molecular complexity index is 211. The summed E-state index contributed by atoms with van der Waals surface area (Å²) in [6, 6.07) is 0. The zero-order valence-electron chi connectivity index (χ0n) is 8.94. The second-order valence-corrected chi connectivity index (χ2v) is 3.74. The van der Waals surface area contributed by atoms with Crippen molar-refractivity contribution in [2.24, 2.45) is 5.73 Å². The predicted molar refractivity (Wildman–Crippen MR) is 57.9 cm³/mol. The Balaban J connectivity index is 2.31. The number of nitrogens with one attached hydrogen (secondary N) is 1. The zero-order chi connectivity index (χ0) is 10.3. The Labute approximate surface area is 86.4 Å². The fourth-order valence-corrected chi connectivity index (χ4v) is 1.74. The molecule has 1 heterocycles. The largest absolute Gasteiger partial charge is 0.379 e. The minimum atomic E-state index is 0.00761. The summed E-state index contributed by atoms with van der Waals surface area (Å²) in [6.45, 7) is 5.03. The summed E-state index contributed by atoms with van der Waals surface area (Å²) in [5, 5.41) is 3.47. The topological polar surface area (TPSA) is 47.3 Å². The molecule has 0 bridgehead atoms. The van der Waals surface area contributed by atoms with Gasteiger partial charge in [-0.15, -0.1) is 11.8 Å². The molecular formula is C11H20N2O. The van der Waals surface area contributed by atoms with E-state index < -0.39 is 0 Å². The van der Waals surface area contributed by atoms with Crippen molar-refractivity contribution >= 4 is 0 Å². The zero-order valence-corrected chi connectivity index (χ0v) is 8.94. The average molecular weight is 196 g/mol. The molecule has 3 nitrogen and oxygen atoms in total. The van der Waals surface area contributed by atoms with Gasteiger partial charge in [-0.1, -0.05) is 0 Å². The smallest absolute Gasteiger partial charge is 0.0660 e. The van der Waals surface area contributed by atoms with Gasteiger partial charge in [0, 0.05) is 26.1 Å². The fourth-order valence-electron chi connectivity index (χ4n) is 1.74. The Morgan fingerprint density at radius 2 is 2.43 bits per heavy atom. The second-order valence-electron chi connectivity index (χ2n) is 3.74. The Kier molecular flexibility index (Phi) is 4.95. The first-order chi connectivity index (χ1) is 6.83. The summed E-state index contributed by atoms with van der Waals surface area (Å²) in [7, 11) is 0. The number of rotatable bonds is 4. The predicted octanol–water partition coefficient (Wildman–Crippen LogP) is 0.497. The third-order valence-electron chi connectivity index (χ3n) is 2.64. The van der Waals surface area contributed by atoms with Crippen LogP contribution in [0.3, 0.4) is 0 Å². The number of hydrogen-bond acceptors (Lipinski definition) is 3. The normalized spacial score (nSPS) is 26.7. The van der Waals surface area contributed by atoms with Gasteiger partial charge in [0.05, 0.1) is 12.1 Å². The van der Waals surface area contributed by atoms with Crippen LogP contribution in [0.1, 0.15) is 26.2 Å². The molecule has 1 aliphatic heterocycles. The SMILES string of the molecule is CC#CCCNC1(CN)CCCOC1. The Morgan fingerprint density at radius 1 is 1.57 bits per heavy atom. The molecule has 3 heteroatoms. The van der Waals surface area contributed by atoms with Crippen LogP contribution >= 0.6 is 0 Å². The van der Waals surface area contributed by atoms with Crippen LogP contribution < -0.4 is 11.1 Å². The molecule has 0 aromatic carbocycles. The summed E-state index contributed by atoms with van der Waals surface area (Å²) in [6.07, 6.45) is 3.10. The lowest BCUT2D eigenvalue weighted by molar-refractivity contribution is 0.0246. The minimum Gasteiger partial charge on any atom is -0.379 e. The van der Waals surface area contributed by atoms with Crippen molar-refractivity contribution in [3.8, 4) is 11.8 Å². The van der Waals surface area contributed by atoms with Crippen LogP contribution in [0.15, 0.2) is 0 Å². The highest BCUT2D eigenvalue weighted by atomic mass is 16.5. The molecule has 1 unspecified atom stereocenters. The molecule has 1 rings (SSSR count). The lowest BCUT2D eigenvalue weighted by atomic mass is 9.92. The summed E-state index contributed by atoms with van der Waals surface area (Å²) in [5.41, 5.74) is 5.78. The van der Waals surface area contributed by atoms with Gasteiger partial charge in [-0.05, 0) is 19.8 Å². The standard InChI is InChI=1S/C11H20N2O/c1-2-3-4-7-13-11(9-12)6-5-8-14-10-11/h13H,4-10,12H2,1H3. The van der Waals surface area contributed by atoms with Gasteiger partial charge in [-0.25, -0.2) is 0 Å². The van der Waals surface area contributed by atoms with Gasteiger partial charge in [0.2, 0.25) is 0 Å². The molecule has 0 aromatic rings. The lowest BCUT2D eigenvalue weighted by Crippen LogP contribution is -2.56. The average Bonchev–Trinajstić information content (AvgIpc) is 2.26. The third kappa shape index (κ3) is 3.30. The third-order valence-corrected chi connectivity index (χ3v) is 2.64. The molecule has 80 valence electrons. The molecule has 1 atom stereocenters. The van der Waals surface area contributed by atoms with Crippen molar-refractivity contribution in [3.05, 3.63) is 0 Å². The monoisotopic (exact) mass is 196 g/mol. The highest BCUT2D eigenvalue weighted by Crippen LogP contribution is 2.17. The van der Waals surface area contributed by atoms with E-state index in [0.29, 0.717) is 6.54 Å². The van der Waals surface area contributed by atoms with Crippen LogP contribution in [0.2, 0.25) is 0 Å². The minimum absolute atomic E-state index is 0.00761. The number of hydrogen-bond donors (Lipinski definition) is 2. The van der Waals surface area contributed by atoms with Crippen LogP contribution in [-0.2, 0) is 4.74 Å². The molecule has 1 saturated heterocycles. The van der Waals surface area contributed by atoms with Gasteiger partial charge < -0.3 is 15.8 Å². The van der Waals surface area contributed by atoms with E-state index in [0.717, 1.165) is 39.0 Å². The highest BCUT2D eigenvalue weighted by Gasteiger charge is 2.30. The Hall–Kier alpha value is -0.560. The van der Waals surface area contributed by atoms with E-state index in [-0.39, 0.29) is 5.54 Å². The molecule has 14 heavy (non-hydrogen) atoms. The number of nitrogens with two attached hydrogens (primary N) is 1. The van der Waals surface area contributed by atoms with Gasteiger partial charge >= 0.3 is 0 Å². The summed E-state index contributed by atoms with van der Waals surface area (Å²) in [4.78, 5) is 0. The van der Waals surface area contributed by atoms with E-state index in [1.165, 1.54) is 0 Å². The van der Waals surface area contributed by atoms with Gasteiger partial charge in [-0.3, -0.25) is 0 Å². The van der Waals surface area contributed by atoms with Crippen molar-refractivity contribution in [3.63, 3.8) is 0 Å². The van der Waals surface area contributed by atoms with E-state index >= 15 is 0 Å². The van der Waals surface area contributed by atoms with E-state index in [1.54, 1.807) is 0 Å². The molecule has 1 fully saturated rings. The first-order valence-corrected chi connectivity index (χ1v) is 5.25. The molecule has 0 spiro atoms. The van der Waals surface area contributed by atoms with Gasteiger partial charge in [0.25, 0.3) is 0 Å². The van der Waals surface area contributed by atoms with Crippen LogP contribution in [-0.4, -0.2) is 31.8 Å².